The molecule has 1 aromatic carbocycles. The quantitative estimate of drug-likeness (QED) is 0.756. The molecule has 1 aromatic rings. The molecule has 2 N–H and O–H groups in total. The molecule has 0 aliphatic heterocycles. The first-order valence-corrected chi connectivity index (χ1v) is 4.60. The number of rotatable bonds is 4. The van der Waals surface area contributed by atoms with E-state index in [1.807, 2.05) is 6.92 Å². The average Bonchev–Trinajstić information content (AvgIpc) is 2.27. The Hall–Kier alpha value is -1.55. The molecule has 4 heteroatoms. The molecule has 15 heavy (non-hydrogen) atoms. The minimum absolute atomic E-state index is 0.0391. The lowest BCUT2D eigenvalue weighted by molar-refractivity contribution is 0.0998. The first kappa shape index (κ1) is 11.5. The van der Waals surface area contributed by atoms with Gasteiger partial charge in [-0.15, -0.1) is 0 Å². The Morgan fingerprint density at radius 1 is 1.27 bits per heavy atom. The molecule has 0 aliphatic carbocycles. The van der Waals surface area contributed by atoms with Crippen molar-refractivity contribution in [2.75, 3.05) is 20.8 Å². The van der Waals surface area contributed by atoms with E-state index in [1.54, 1.807) is 19.2 Å². The van der Waals surface area contributed by atoms with Crippen LogP contribution in [0.5, 0.6) is 11.5 Å². The summed E-state index contributed by atoms with van der Waals surface area (Å²) in [5.74, 6) is 1.03. The maximum atomic E-state index is 11.5. The van der Waals surface area contributed by atoms with Crippen LogP contribution in [0.2, 0.25) is 0 Å². The molecule has 0 aromatic heterocycles. The zero-order valence-corrected chi connectivity index (χ0v) is 9.16. The summed E-state index contributed by atoms with van der Waals surface area (Å²) in [4.78, 5) is 11.5. The van der Waals surface area contributed by atoms with Gasteiger partial charge in [0.2, 0.25) is 0 Å². The number of carbonyl (C=O) groups excluding carboxylic acids is 1. The van der Waals surface area contributed by atoms with E-state index < -0.39 is 0 Å². The monoisotopic (exact) mass is 209 g/mol. The highest BCUT2D eigenvalue weighted by Gasteiger charge is 2.13. The average molecular weight is 209 g/mol. The number of aryl methyl sites for hydroxylation is 1. The zero-order chi connectivity index (χ0) is 11.4. The summed E-state index contributed by atoms with van der Waals surface area (Å²) >= 11 is 0. The molecule has 4 nitrogen and oxygen atoms in total. The predicted molar refractivity (Wildman–Crippen MR) is 57.7 cm³/mol. The van der Waals surface area contributed by atoms with Crippen LogP contribution >= 0.6 is 0 Å². The van der Waals surface area contributed by atoms with Crippen molar-refractivity contribution in [1.29, 1.82) is 0 Å². The second-order valence-corrected chi connectivity index (χ2v) is 3.15. The van der Waals surface area contributed by atoms with E-state index in [2.05, 4.69) is 0 Å². The molecule has 0 saturated heterocycles. The molecular formula is C11H15NO3. The van der Waals surface area contributed by atoms with E-state index >= 15 is 0 Å². The van der Waals surface area contributed by atoms with Gasteiger partial charge in [0.25, 0.3) is 0 Å². The van der Waals surface area contributed by atoms with Gasteiger partial charge in [0.1, 0.15) is 11.5 Å². The van der Waals surface area contributed by atoms with Crippen LogP contribution in [0.1, 0.15) is 15.9 Å². The molecule has 1 rings (SSSR count). The van der Waals surface area contributed by atoms with Crippen molar-refractivity contribution in [3.8, 4) is 11.5 Å². The fraction of sp³-hybridized carbons (Fsp3) is 0.364. The highest BCUT2D eigenvalue weighted by Crippen LogP contribution is 2.28. The Labute approximate surface area is 89.0 Å². The van der Waals surface area contributed by atoms with Crippen LogP contribution in [-0.4, -0.2) is 26.5 Å². The first-order chi connectivity index (χ1) is 7.13. The normalized spacial score (nSPS) is 9.87. The minimum Gasteiger partial charge on any atom is -0.496 e. The molecule has 0 atom stereocenters. The topological polar surface area (TPSA) is 61.5 Å². The lowest BCUT2D eigenvalue weighted by Crippen LogP contribution is -2.14. The van der Waals surface area contributed by atoms with Crippen LogP contribution in [0.15, 0.2) is 12.1 Å². The maximum Gasteiger partial charge on any atom is 0.180 e. The Bertz CT molecular complexity index is 374. The first-order valence-electron chi connectivity index (χ1n) is 4.60. The Morgan fingerprint density at radius 2 is 1.87 bits per heavy atom. The molecule has 0 saturated carbocycles. The second kappa shape index (κ2) is 4.79. The number of ketones is 1. The smallest absolute Gasteiger partial charge is 0.180 e. The molecular weight excluding hydrogens is 194 g/mol. The Kier molecular flexibility index (Phi) is 3.68. The lowest BCUT2D eigenvalue weighted by Gasteiger charge is -2.11. The summed E-state index contributed by atoms with van der Waals surface area (Å²) in [6.45, 7) is 1.85. The highest BCUT2D eigenvalue weighted by molar-refractivity contribution is 6.00. The van der Waals surface area contributed by atoms with Crippen LogP contribution in [0, 0.1) is 6.92 Å². The van der Waals surface area contributed by atoms with Gasteiger partial charge in [0, 0.05) is 0 Å². The van der Waals surface area contributed by atoms with Crippen LogP contribution in [0.25, 0.3) is 0 Å². The van der Waals surface area contributed by atoms with Crippen molar-refractivity contribution in [2.45, 2.75) is 6.92 Å². The van der Waals surface area contributed by atoms with Gasteiger partial charge in [-0.1, -0.05) is 0 Å². The number of methoxy groups -OCH3 is 2. The van der Waals surface area contributed by atoms with Gasteiger partial charge in [-0.3, -0.25) is 4.79 Å². The molecule has 0 radical (unpaired) electrons. The maximum absolute atomic E-state index is 11.5. The Morgan fingerprint density at radius 3 is 2.33 bits per heavy atom. The third-order valence-electron chi connectivity index (χ3n) is 2.20. The number of Topliss-reactive ketones (excluding diaryl/α,β-unsaturated/α-hetero) is 1. The number of ether oxygens (including phenoxy) is 2. The van der Waals surface area contributed by atoms with Gasteiger partial charge in [-0.2, -0.15) is 0 Å². The van der Waals surface area contributed by atoms with Crippen molar-refractivity contribution in [1.82, 2.24) is 0 Å². The van der Waals surface area contributed by atoms with Gasteiger partial charge in [0.15, 0.2) is 5.78 Å². The van der Waals surface area contributed by atoms with Gasteiger partial charge >= 0.3 is 0 Å². The number of carbonyl (C=O) groups is 1. The third kappa shape index (κ3) is 2.27. The number of hydrogen-bond donors (Lipinski definition) is 1. The summed E-state index contributed by atoms with van der Waals surface area (Å²) in [6, 6.07) is 3.42. The van der Waals surface area contributed by atoms with E-state index in [0.717, 1.165) is 5.56 Å². The minimum atomic E-state index is -0.162. The van der Waals surface area contributed by atoms with Crippen LogP contribution in [-0.2, 0) is 0 Å². The van der Waals surface area contributed by atoms with Gasteiger partial charge in [0.05, 0.1) is 26.3 Å². The summed E-state index contributed by atoms with van der Waals surface area (Å²) in [5.41, 5.74) is 6.69. The van der Waals surface area contributed by atoms with E-state index in [9.17, 15) is 4.79 Å². The van der Waals surface area contributed by atoms with E-state index in [0.29, 0.717) is 17.1 Å². The fourth-order valence-electron chi connectivity index (χ4n) is 1.38. The molecule has 0 amide bonds. The van der Waals surface area contributed by atoms with Gasteiger partial charge in [-0.05, 0) is 24.6 Å². The summed E-state index contributed by atoms with van der Waals surface area (Å²) in [7, 11) is 3.08. The van der Waals surface area contributed by atoms with E-state index in [4.69, 9.17) is 15.2 Å². The van der Waals surface area contributed by atoms with Crippen molar-refractivity contribution in [2.24, 2.45) is 5.73 Å². The SMILES string of the molecule is COc1cc(C(=O)CN)c(OC)cc1C. The summed E-state index contributed by atoms with van der Waals surface area (Å²) in [6.07, 6.45) is 0. The number of hydrogen-bond acceptors (Lipinski definition) is 4. The van der Waals surface area contributed by atoms with Crippen LogP contribution in [0.3, 0.4) is 0 Å². The van der Waals surface area contributed by atoms with Crippen molar-refractivity contribution < 1.29 is 14.3 Å². The van der Waals surface area contributed by atoms with Crippen molar-refractivity contribution >= 4 is 5.78 Å². The molecule has 0 fully saturated rings. The predicted octanol–water partition coefficient (Wildman–Crippen LogP) is 1.15. The third-order valence-corrected chi connectivity index (χ3v) is 2.20. The lowest BCUT2D eigenvalue weighted by atomic mass is 10.1. The van der Waals surface area contributed by atoms with Crippen LogP contribution < -0.4 is 15.2 Å². The van der Waals surface area contributed by atoms with E-state index in [1.165, 1.54) is 7.11 Å². The molecule has 0 unspecified atom stereocenters. The summed E-state index contributed by atoms with van der Waals surface area (Å²) < 4.78 is 10.2. The number of nitrogens with two attached hydrogens (primary N) is 1. The molecule has 0 heterocycles. The van der Waals surface area contributed by atoms with Crippen LogP contribution in [0.4, 0.5) is 0 Å². The highest BCUT2D eigenvalue weighted by atomic mass is 16.5. The molecule has 0 spiro atoms. The van der Waals surface area contributed by atoms with E-state index in [-0.39, 0.29) is 12.3 Å². The summed E-state index contributed by atoms with van der Waals surface area (Å²) in [5, 5.41) is 0. The van der Waals surface area contributed by atoms with Gasteiger partial charge < -0.3 is 15.2 Å². The molecule has 0 bridgehead atoms. The van der Waals surface area contributed by atoms with Crippen molar-refractivity contribution in [3.05, 3.63) is 23.3 Å². The largest absolute Gasteiger partial charge is 0.496 e. The fourth-order valence-corrected chi connectivity index (χ4v) is 1.38. The number of benzene rings is 1. The molecule has 0 aliphatic rings. The second-order valence-electron chi connectivity index (χ2n) is 3.15. The molecule has 82 valence electrons. The Balaban J connectivity index is 3.28. The van der Waals surface area contributed by atoms with Crippen molar-refractivity contribution in [3.63, 3.8) is 0 Å². The van der Waals surface area contributed by atoms with Gasteiger partial charge in [-0.25, -0.2) is 0 Å². The standard InChI is InChI=1S/C11H15NO3/c1-7-4-11(15-3)8(9(13)6-12)5-10(7)14-2/h4-5H,6,12H2,1-3H3. The zero-order valence-electron chi connectivity index (χ0n) is 9.16.